The number of rotatable bonds is 8. The zero-order valence-corrected chi connectivity index (χ0v) is 17.1. The van der Waals surface area contributed by atoms with Crippen molar-refractivity contribution in [2.45, 2.75) is 45.4 Å². The quantitative estimate of drug-likeness (QED) is 0.665. The maximum Gasteiger partial charge on any atom is 0.324 e. The molecule has 7 heteroatoms. The highest BCUT2D eigenvalue weighted by Crippen LogP contribution is 2.26. The molecule has 0 bridgehead atoms. The number of hydrogen-bond acceptors (Lipinski definition) is 5. The number of carbonyl (C=O) groups excluding carboxylic acids is 1. The second-order valence-electron chi connectivity index (χ2n) is 7.21. The highest BCUT2D eigenvalue weighted by molar-refractivity contribution is 6.71. The fourth-order valence-corrected chi connectivity index (χ4v) is 3.60. The van der Waals surface area contributed by atoms with Crippen LogP contribution in [0.15, 0.2) is 24.3 Å². The third-order valence-electron chi connectivity index (χ3n) is 2.62. The smallest absolute Gasteiger partial charge is 0.324 e. The van der Waals surface area contributed by atoms with Crippen molar-refractivity contribution in [2.24, 2.45) is 0 Å². The standard InChI is InChI=1S/C16H28O5Si2/c1-18-13-10-8-9-11-14(13)19-12-15(20-22(2,3)4)16(17)21-23(5,6)7/h8-11,15H,12H2,1-7H3. The predicted octanol–water partition coefficient (Wildman–Crippen LogP) is 3.67. The van der Waals surface area contributed by atoms with Crippen molar-refractivity contribution in [3.8, 4) is 11.5 Å². The first kappa shape index (κ1) is 19.7. The normalized spacial score (nSPS) is 13.3. The SMILES string of the molecule is COc1ccccc1OCC(O[Si](C)(C)C)C(=O)O[Si](C)(C)C. The summed E-state index contributed by atoms with van der Waals surface area (Å²) in [6, 6.07) is 7.33. The van der Waals surface area contributed by atoms with Gasteiger partial charge in [0.2, 0.25) is 8.32 Å². The lowest BCUT2D eigenvalue weighted by Crippen LogP contribution is -2.44. The third kappa shape index (κ3) is 7.67. The fraction of sp³-hybridized carbons (Fsp3) is 0.562. The van der Waals surface area contributed by atoms with E-state index in [1.165, 1.54) is 0 Å². The topological polar surface area (TPSA) is 54.0 Å². The Hall–Kier alpha value is -1.32. The molecular weight excluding hydrogens is 328 g/mol. The van der Waals surface area contributed by atoms with Gasteiger partial charge >= 0.3 is 5.97 Å². The summed E-state index contributed by atoms with van der Waals surface area (Å²) in [5.74, 6) is 0.860. The van der Waals surface area contributed by atoms with E-state index in [9.17, 15) is 4.79 Å². The first-order valence-corrected chi connectivity index (χ1v) is 14.5. The summed E-state index contributed by atoms with van der Waals surface area (Å²) < 4.78 is 22.5. The van der Waals surface area contributed by atoms with Gasteiger partial charge in [0.25, 0.3) is 0 Å². The lowest BCUT2D eigenvalue weighted by Gasteiger charge is -2.28. The van der Waals surface area contributed by atoms with Crippen LogP contribution < -0.4 is 9.47 Å². The van der Waals surface area contributed by atoms with Crippen LogP contribution in [0.4, 0.5) is 0 Å². The molecule has 0 fully saturated rings. The van der Waals surface area contributed by atoms with E-state index >= 15 is 0 Å². The molecule has 1 rings (SSSR count). The number of hydrogen-bond donors (Lipinski definition) is 0. The van der Waals surface area contributed by atoms with Gasteiger partial charge in [-0.25, -0.2) is 0 Å². The van der Waals surface area contributed by atoms with Crippen molar-refractivity contribution < 1.29 is 23.1 Å². The van der Waals surface area contributed by atoms with Crippen LogP contribution in [0.3, 0.4) is 0 Å². The Kier molecular flexibility index (Phi) is 6.85. The van der Waals surface area contributed by atoms with E-state index in [4.69, 9.17) is 18.3 Å². The molecule has 1 aromatic carbocycles. The molecule has 0 aliphatic rings. The average Bonchev–Trinajstić information content (AvgIpc) is 2.40. The average molecular weight is 357 g/mol. The molecule has 0 saturated heterocycles. The van der Waals surface area contributed by atoms with E-state index in [0.717, 1.165) is 0 Å². The minimum Gasteiger partial charge on any atom is -0.518 e. The Balaban J connectivity index is 2.82. The number of ether oxygens (including phenoxy) is 2. The van der Waals surface area contributed by atoms with Crippen LogP contribution in [0.5, 0.6) is 11.5 Å². The molecule has 0 saturated carbocycles. The first-order valence-electron chi connectivity index (χ1n) is 7.68. The molecule has 0 radical (unpaired) electrons. The maximum atomic E-state index is 12.4. The summed E-state index contributed by atoms with van der Waals surface area (Å²) >= 11 is 0. The van der Waals surface area contributed by atoms with Crippen molar-refractivity contribution >= 4 is 22.6 Å². The summed E-state index contributed by atoms with van der Waals surface area (Å²) in [5, 5.41) is 0. The summed E-state index contributed by atoms with van der Waals surface area (Å²) in [6.07, 6.45) is -0.724. The molecule has 0 N–H and O–H groups in total. The fourth-order valence-electron chi connectivity index (χ4n) is 1.85. The van der Waals surface area contributed by atoms with E-state index < -0.39 is 22.7 Å². The van der Waals surface area contributed by atoms with Gasteiger partial charge in [0.15, 0.2) is 25.9 Å². The second-order valence-corrected chi connectivity index (χ2v) is 16.1. The van der Waals surface area contributed by atoms with Crippen LogP contribution >= 0.6 is 0 Å². The molecule has 23 heavy (non-hydrogen) atoms. The van der Waals surface area contributed by atoms with Crippen LogP contribution in [0.25, 0.3) is 0 Å². The van der Waals surface area contributed by atoms with Crippen LogP contribution in [0.1, 0.15) is 0 Å². The molecular formula is C16H28O5Si2. The largest absolute Gasteiger partial charge is 0.518 e. The summed E-state index contributed by atoms with van der Waals surface area (Å²) in [5.41, 5.74) is 0. The van der Waals surface area contributed by atoms with Crippen LogP contribution in [0.2, 0.25) is 39.3 Å². The predicted molar refractivity (Wildman–Crippen MR) is 96.1 cm³/mol. The Morgan fingerprint density at radius 1 is 1.00 bits per heavy atom. The van der Waals surface area contributed by atoms with Gasteiger partial charge in [-0.15, -0.1) is 0 Å². The van der Waals surface area contributed by atoms with Crippen LogP contribution in [-0.2, 0) is 13.6 Å². The maximum absolute atomic E-state index is 12.4. The van der Waals surface area contributed by atoms with Gasteiger partial charge in [0.05, 0.1) is 7.11 Å². The molecule has 0 amide bonds. The number of para-hydroxylation sites is 2. The Labute approximate surface area is 141 Å². The zero-order valence-electron chi connectivity index (χ0n) is 15.1. The minimum absolute atomic E-state index is 0.105. The minimum atomic E-state index is -1.98. The van der Waals surface area contributed by atoms with E-state index in [-0.39, 0.29) is 12.6 Å². The molecule has 0 heterocycles. The van der Waals surface area contributed by atoms with Gasteiger partial charge in [-0.05, 0) is 51.4 Å². The monoisotopic (exact) mass is 356 g/mol. The zero-order chi connectivity index (χ0) is 17.7. The van der Waals surface area contributed by atoms with Crippen molar-refractivity contribution in [1.82, 2.24) is 0 Å². The summed E-state index contributed by atoms with van der Waals surface area (Å²) in [4.78, 5) is 12.4. The lowest BCUT2D eigenvalue weighted by molar-refractivity contribution is -0.144. The molecule has 130 valence electrons. The summed E-state index contributed by atoms with van der Waals surface area (Å²) in [7, 11) is -2.31. The van der Waals surface area contributed by atoms with Gasteiger partial charge in [0.1, 0.15) is 6.61 Å². The van der Waals surface area contributed by atoms with Crippen LogP contribution in [0, 0.1) is 0 Å². The Bertz CT molecular complexity index is 520. The molecule has 1 atom stereocenters. The molecule has 0 aliphatic heterocycles. The van der Waals surface area contributed by atoms with E-state index in [1.54, 1.807) is 13.2 Å². The Morgan fingerprint density at radius 2 is 1.57 bits per heavy atom. The number of carbonyl (C=O) groups is 1. The van der Waals surface area contributed by atoms with Crippen molar-refractivity contribution in [3.05, 3.63) is 24.3 Å². The second kappa shape index (κ2) is 7.98. The molecule has 5 nitrogen and oxygen atoms in total. The van der Waals surface area contributed by atoms with Crippen molar-refractivity contribution in [3.63, 3.8) is 0 Å². The van der Waals surface area contributed by atoms with Gasteiger partial charge < -0.3 is 18.3 Å². The molecule has 1 unspecified atom stereocenters. The Morgan fingerprint density at radius 3 is 2.04 bits per heavy atom. The molecule has 1 aromatic rings. The van der Waals surface area contributed by atoms with Gasteiger partial charge in [-0.3, -0.25) is 4.79 Å². The molecule has 0 spiro atoms. The number of methoxy groups -OCH3 is 1. The van der Waals surface area contributed by atoms with Gasteiger partial charge in [-0.2, -0.15) is 0 Å². The van der Waals surface area contributed by atoms with Gasteiger partial charge in [-0.1, -0.05) is 12.1 Å². The first-order chi connectivity index (χ1) is 10.5. The molecule has 0 aliphatic carbocycles. The summed E-state index contributed by atoms with van der Waals surface area (Å²) in [6.45, 7) is 12.1. The molecule has 0 aromatic heterocycles. The number of benzene rings is 1. The van der Waals surface area contributed by atoms with Gasteiger partial charge in [0, 0.05) is 0 Å². The highest BCUT2D eigenvalue weighted by atomic mass is 28.4. The van der Waals surface area contributed by atoms with E-state index in [2.05, 4.69) is 0 Å². The van der Waals surface area contributed by atoms with E-state index in [0.29, 0.717) is 11.5 Å². The van der Waals surface area contributed by atoms with Crippen molar-refractivity contribution in [1.29, 1.82) is 0 Å². The van der Waals surface area contributed by atoms with E-state index in [1.807, 2.05) is 57.5 Å². The highest BCUT2D eigenvalue weighted by Gasteiger charge is 2.32. The lowest BCUT2D eigenvalue weighted by atomic mass is 10.3. The van der Waals surface area contributed by atoms with Crippen LogP contribution in [-0.4, -0.2) is 42.4 Å². The third-order valence-corrected chi connectivity index (χ3v) is 4.43. The van der Waals surface area contributed by atoms with Crippen molar-refractivity contribution in [2.75, 3.05) is 13.7 Å².